The van der Waals surface area contributed by atoms with Crippen LogP contribution in [0.3, 0.4) is 0 Å². The minimum atomic E-state index is -0.295. The molecule has 2 unspecified atom stereocenters. The Hall–Kier alpha value is -3.87. The molecule has 3 heterocycles. The van der Waals surface area contributed by atoms with Crippen molar-refractivity contribution in [2.45, 2.75) is 45.1 Å². The molecule has 0 bridgehead atoms. The SMILES string of the molecule is CC(=O)CC1COc2cc(NC3COc4c3cccc4-n3c(C(C)C)nc4ccc(F)cc43)ccc21. The zero-order valence-electron chi connectivity index (χ0n) is 20.5. The molecule has 0 amide bonds. The van der Waals surface area contributed by atoms with Crippen LogP contribution in [0.2, 0.25) is 0 Å². The predicted molar refractivity (Wildman–Crippen MR) is 137 cm³/mol. The van der Waals surface area contributed by atoms with Gasteiger partial charge in [-0.15, -0.1) is 0 Å². The largest absolute Gasteiger partial charge is 0.493 e. The van der Waals surface area contributed by atoms with E-state index in [1.54, 1.807) is 13.0 Å². The summed E-state index contributed by atoms with van der Waals surface area (Å²) in [6.45, 7) is 6.79. The van der Waals surface area contributed by atoms with Crippen molar-refractivity contribution >= 4 is 22.5 Å². The van der Waals surface area contributed by atoms with Crippen LogP contribution in [0.25, 0.3) is 16.7 Å². The molecule has 2 aliphatic rings. The molecule has 1 N–H and O–H groups in total. The Balaban J connectivity index is 1.34. The number of ketones is 1. The molecule has 184 valence electrons. The molecule has 0 saturated heterocycles. The van der Waals surface area contributed by atoms with Crippen molar-refractivity contribution < 1.29 is 18.7 Å². The van der Waals surface area contributed by atoms with Gasteiger partial charge in [0, 0.05) is 47.2 Å². The smallest absolute Gasteiger partial charge is 0.148 e. The van der Waals surface area contributed by atoms with Gasteiger partial charge in [0.25, 0.3) is 0 Å². The summed E-state index contributed by atoms with van der Waals surface area (Å²) in [5.74, 6) is 2.60. The average Bonchev–Trinajstić information content (AvgIpc) is 3.54. The normalized spacial score (nSPS) is 18.1. The zero-order chi connectivity index (χ0) is 25.0. The number of benzene rings is 3. The maximum Gasteiger partial charge on any atom is 0.148 e. The number of halogens is 1. The molecule has 7 heteroatoms. The number of carbonyl (C=O) groups excluding carboxylic acids is 1. The standard InChI is InChI=1S/C29H28FN3O3/c1-16(2)29-32-23-10-7-19(30)12-26(23)33(29)25-6-4-5-22-24(15-36-28(22)25)31-20-8-9-21-18(11-17(3)34)14-35-27(21)13-20/h4-10,12-13,16,18,24,31H,11,14-15H2,1-3H3. The van der Waals surface area contributed by atoms with Crippen molar-refractivity contribution in [3.8, 4) is 17.2 Å². The highest BCUT2D eigenvalue weighted by molar-refractivity contribution is 5.80. The number of ether oxygens (including phenoxy) is 2. The Labute approximate surface area is 209 Å². The first kappa shape index (κ1) is 22.6. The lowest BCUT2D eigenvalue weighted by atomic mass is 9.96. The third kappa shape index (κ3) is 3.79. The number of anilines is 1. The van der Waals surface area contributed by atoms with Crippen LogP contribution in [0, 0.1) is 5.82 Å². The molecule has 0 spiro atoms. The summed E-state index contributed by atoms with van der Waals surface area (Å²) in [5.41, 5.74) is 5.40. The van der Waals surface area contributed by atoms with Gasteiger partial charge in [-0.2, -0.15) is 0 Å². The van der Waals surface area contributed by atoms with Gasteiger partial charge in [0.1, 0.15) is 35.5 Å². The molecular weight excluding hydrogens is 457 g/mol. The van der Waals surface area contributed by atoms with E-state index in [1.165, 1.54) is 12.1 Å². The number of rotatable bonds is 6. The topological polar surface area (TPSA) is 65.4 Å². The Bertz CT molecular complexity index is 1490. The second kappa shape index (κ2) is 8.66. The summed E-state index contributed by atoms with van der Waals surface area (Å²) >= 11 is 0. The molecule has 2 aliphatic heterocycles. The highest BCUT2D eigenvalue weighted by Crippen LogP contribution is 2.43. The highest BCUT2D eigenvalue weighted by Gasteiger charge is 2.30. The minimum Gasteiger partial charge on any atom is -0.493 e. The summed E-state index contributed by atoms with van der Waals surface area (Å²) in [5, 5.41) is 3.58. The lowest BCUT2D eigenvalue weighted by Crippen LogP contribution is -2.11. The lowest BCUT2D eigenvalue weighted by molar-refractivity contribution is -0.117. The Morgan fingerprint density at radius 1 is 1.11 bits per heavy atom. The summed E-state index contributed by atoms with van der Waals surface area (Å²) in [4.78, 5) is 16.4. The molecule has 1 aromatic heterocycles. The number of fused-ring (bicyclic) bond motifs is 3. The molecule has 36 heavy (non-hydrogen) atoms. The number of Topliss-reactive ketones (excluding diaryl/α,β-unsaturated/α-hetero) is 1. The number of para-hydroxylation sites is 1. The van der Waals surface area contributed by atoms with Gasteiger partial charge in [-0.25, -0.2) is 9.37 Å². The zero-order valence-corrected chi connectivity index (χ0v) is 20.5. The molecule has 0 radical (unpaired) electrons. The van der Waals surface area contributed by atoms with E-state index < -0.39 is 0 Å². The van der Waals surface area contributed by atoms with Crippen LogP contribution in [0.15, 0.2) is 54.6 Å². The van der Waals surface area contributed by atoms with Crippen molar-refractivity contribution in [2.24, 2.45) is 0 Å². The van der Waals surface area contributed by atoms with Gasteiger partial charge in [-0.3, -0.25) is 4.57 Å². The molecule has 0 fully saturated rings. The number of hydrogen-bond acceptors (Lipinski definition) is 5. The summed E-state index contributed by atoms with van der Waals surface area (Å²) < 4.78 is 28.3. The number of nitrogens with one attached hydrogen (secondary N) is 1. The monoisotopic (exact) mass is 485 g/mol. The lowest BCUT2D eigenvalue weighted by Gasteiger charge is -2.16. The number of aromatic nitrogens is 2. The van der Waals surface area contributed by atoms with E-state index in [0.29, 0.717) is 19.6 Å². The first-order valence-corrected chi connectivity index (χ1v) is 12.4. The van der Waals surface area contributed by atoms with E-state index in [-0.39, 0.29) is 29.5 Å². The van der Waals surface area contributed by atoms with Crippen LogP contribution >= 0.6 is 0 Å². The fourth-order valence-corrected chi connectivity index (χ4v) is 5.32. The maximum atomic E-state index is 14.2. The summed E-state index contributed by atoms with van der Waals surface area (Å²) in [6, 6.07) is 16.8. The molecule has 3 aromatic carbocycles. The van der Waals surface area contributed by atoms with E-state index in [1.807, 2.05) is 34.9 Å². The quantitative estimate of drug-likeness (QED) is 0.348. The molecular formula is C29H28FN3O3. The second-order valence-corrected chi connectivity index (χ2v) is 9.96. The van der Waals surface area contributed by atoms with Gasteiger partial charge in [-0.1, -0.05) is 32.0 Å². The third-order valence-electron chi connectivity index (χ3n) is 6.96. The molecule has 0 saturated carbocycles. The summed E-state index contributed by atoms with van der Waals surface area (Å²) in [7, 11) is 0. The fourth-order valence-electron chi connectivity index (χ4n) is 5.32. The van der Waals surface area contributed by atoms with Crippen molar-refractivity contribution in [3.05, 3.63) is 77.4 Å². The van der Waals surface area contributed by atoms with Crippen molar-refractivity contribution in [3.63, 3.8) is 0 Å². The van der Waals surface area contributed by atoms with Gasteiger partial charge in [-0.05, 0) is 31.2 Å². The van der Waals surface area contributed by atoms with Crippen molar-refractivity contribution in [1.82, 2.24) is 9.55 Å². The molecule has 4 aromatic rings. The minimum absolute atomic E-state index is 0.0542. The van der Waals surface area contributed by atoms with E-state index >= 15 is 0 Å². The molecule has 2 atom stereocenters. The van der Waals surface area contributed by atoms with E-state index in [4.69, 9.17) is 14.5 Å². The van der Waals surface area contributed by atoms with Gasteiger partial charge in [0.05, 0.1) is 29.4 Å². The third-order valence-corrected chi connectivity index (χ3v) is 6.96. The first-order valence-electron chi connectivity index (χ1n) is 12.4. The molecule has 0 aliphatic carbocycles. The molecule has 6 rings (SSSR count). The van der Waals surface area contributed by atoms with Crippen LogP contribution in [-0.4, -0.2) is 28.5 Å². The van der Waals surface area contributed by atoms with Crippen LogP contribution < -0.4 is 14.8 Å². The van der Waals surface area contributed by atoms with Crippen molar-refractivity contribution in [2.75, 3.05) is 18.5 Å². The maximum absolute atomic E-state index is 14.2. The second-order valence-electron chi connectivity index (χ2n) is 9.96. The van der Waals surface area contributed by atoms with Crippen LogP contribution in [0.5, 0.6) is 11.5 Å². The Kier molecular flexibility index (Phi) is 5.43. The van der Waals surface area contributed by atoms with E-state index in [0.717, 1.165) is 50.9 Å². The number of hydrogen-bond donors (Lipinski definition) is 1. The van der Waals surface area contributed by atoms with Crippen molar-refractivity contribution in [1.29, 1.82) is 0 Å². The summed E-state index contributed by atoms with van der Waals surface area (Å²) in [6.07, 6.45) is 0.498. The van der Waals surface area contributed by atoms with Crippen LogP contribution in [-0.2, 0) is 4.79 Å². The number of imidazole rings is 1. The predicted octanol–water partition coefficient (Wildman–Crippen LogP) is 6.29. The van der Waals surface area contributed by atoms with E-state index in [2.05, 4.69) is 25.2 Å². The fraction of sp³-hybridized carbons (Fsp3) is 0.310. The van der Waals surface area contributed by atoms with Gasteiger partial charge < -0.3 is 19.6 Å². The van der Waals surface area contributed by atoms with E-state index in [9.17, 15) is 9.18 Å². The Morgan fingerprint density at radius 3 is 2.78 bits per heavy atom. The first-order chi connectivity index (χ1) is 17.4. The van der Waals surface area contributed by atoms with Gasteiger partial charge >= 0.3 is 0 Å². The van der Waals surface area contributed by atoms with Crippen LogP contribution in [0.4, 0.5) is 10.1 Å². The number of nitrogens with zero attached hydrogens (tertiary/aromatic N) is 2. The average molecular weight is 486 g/mol. The number of carbonyl (C=O) groups is 1. The van der Waals surface area contributed by atoms with Gasteiger partial charge in [0.15, 0.2) is 0 Å². The Morgan fingerprint density at radius 2 is 1.97 bits per heavy atom. The highest BCUT2D eigenvalue weighted by atomic mass is 19.1. The van der Waals surface area contributed by atoms with Crippen LogP contribution in [0.1, 0.15) is 62.0 Å². The van der Waals surface area contributed by atoms with Gasteiger partial charge in [0.2, 0.25) is 0 Å². The molecule has 6 nitrogen and oxygen atoms in total.